The van der Waals surface area contributed by atoms with Crippen molar-refractivity contribution >= 4 is 5.96 Å². The lowest BCUT2D eigenvalue weighted by Gasteiger charge is -2.22. The second-order valence-electron chi connectivity index (χ2n) is 6.24. The maximum absolute atomic E-state index is 12.2. The van der Waals surface area contributed by atoms with Crippen LogP contribution in [0.1, 0.15) is 30.2 Å². The summed E-state index contributed by atoms with van der Waals surface area (Å²) >= 11 is 0. The average Bonchev–Trinajstić information content (AvgIpc) is 3.04. The van der Waals surface area contributed by atoms with Crippen LogP contribution >= 0.6 is 0 Å². The Labute approximate surface area is 158 Å². The quantitative estimate of drug-likeness (QED) is 0.398. The van der Waals surface area contributed by atoms with Gasteiger partial charge in [0.1, 0.15) is 5.75 Å². The van der Waals surface area contributed by atoms with E-state index in [2.05, 4.69) is 25.2 Å². The summed E-state index contributed by atoms with van der Waals surface area (Å²) < 4.78 is 28.8. The number of hydrogen-bond donors (Lipinski definition) is 2. The number of guanidine groups is 1. The van der Waals surface area contributed by atoms with Crippen molar-refractivity contribution in [3.05, 3.63) is 47.3 Å². The summed E-state index contributed by atoms with van der Waals surface area (Å²) in [5.74, 6) is 0.973. The number of aromatic amines is 1. The summed E-state index contributed by atoms with van der Waals surface area (Å²) in [6, 6.07) is 6.65. The highest BCUT2D eigenvalue weighted by Gasteiger charge is 2.08. The van der Waals surface area contributed by atoms with E-state index < -0.39 is 6.61 Å². The molecule has 1 aromatic carbocycles. The first kappa shape index (κ1) is 20.7. The molecule has 0 fully saturated rings. The number of benzene rings is 1. The molecule has 0 radical (unpaired) electrons. The number of nitrogens with zero attached hydrogens (tertiary/aromatic N) is 3. The molecule has 0 aliphatic rings. The first-order valence-electron chi connectivity index (χ1n) is 9.01. The van der Waals surface area contributed by atoms with E-state index in [0.717, 1.165) is 36.6 Å². The van der Waals surface area contributed by atoms with Gasteiger partial charge < -0.3 is 15.0 Å². The predicted octanol–water partition coefficient (Wildman–Crippen LogP) is 3.35. The number of nitrogens with one attached hydrogen (secondary N) is 2. The van der Waals surface area contributed by atoms with Crippen LogP contribution in [0.15, 0.2) is 35.5 Å². The van der Waals surface area contributed by atoms with Gasteiger partial charge in [-0.05, 0) is 49.9 Å². The Morgan fingerprint density at radius 2 is 2.07 bits per heavy atom. The summed E-state index contributed by atoms with van der Waals surface area (Å²) in [4.78, 5) is 6.68. The third-order valence-corrected chi connectivity index (χ3v) is 4.06. The van der Waals surface area contributed by atoms with Gasteiger partial charge in [-0.15, -0.1) is 0 Å². The second-order valence-corrected chi connectivity index (χ2v) is 6.24. The molecule has 0 aliphatic heterocycles. The zero-order chi connectivity index (χ0) is 19.6. The lowest BCUT2D eigenvalue weighted by Crippen LogP contribution is -2.38. The van der Waals surface area contributed by atoms with Crippen LogP contribution in [0.2, 0.25) is 0 Å². The number of hydrogen-bond acceptors (Lipinski definition) is 3. The highest BCUT2D eigenvalue weighted by atomic mass is 19.3. The van der Waals surface area contributed by atoms with E-state index in [1.54, 1.807) is 24.3 Å². The van der Waals surface area contributed by atoms with Gasteiger partial charge in [0.25, 0.3) is 0 Å². The Kier molecular flexibility index (Phi) is 8.03. The predicted molar refractivity (Wildman–Crippen MR) is 102 cm³/mol. The Bertz CT molecular complexity index is 715. The highest BCUT2D eigenvalue weighted by Crippen LogP contribution is 2.15. The van der Waals surface area contributed by atoms with E-state index in [1.165, 1.54) is 5.56 Å². The fourth-order valence-corrected chi connectivity index (χ4v) is 2.68. The minimum absolute atomic E-state index is 0.159. The van der Waals surface area contributed by atoms with E-state index >= 15 is 0 Å². The van der Waals surface area contributed by atoms with Crippen molar-refractivity contribution in [3.8, 4) is 5.75 Å². The van der Waals surface area contributed by atoms with E-state index in [9.17, 15) is 8.78 Å². The molecule has 0 saturated carbocycles. The molecule has 0 atom stereocenters. The van der Waals surface area contributed by atoms with Gasteiger partial charge in [-0.2, -0.15) is 13.9 Å². The molecule has 2 aromatic rings. The molecule has 1 heterocycles. The van der Waals surface area contributed by atoms with Gasteiger partial charge in [0.2, 0.25) is 0 Å². The summed E-state index contributed by atoms with van der Waals surface area (Å²) in [5.41, 5.74) is 3.30. The third kappa shape index (κ3) is 6.88. The third-order valence-electron chi connectivity index (χ3n) is 4.06. The van der Waals surface area contributed by atoms with Crippen molar-refractivity contribution in [2.75, 3.05) is 20.1 Å². The van der Waals surface area contributed by atoms with E-state index in [1.807, 2.05) is 32.0 Å². The molecule has 0 spiro atoms. The van der Waals surface area contributed by atoms with Crippen LogP contribution in [-0.4, -0.2) is 47.8 Å². The lowest BCUT2D eigenvalue weighted by atomic mass is 10.1. The van der Waals surface area contributed by atoms with E-state index in [4.69, 9.17) is 0 Å². The number of halogens is 2. The fourth-order valence-electron chi connectivity index (χ4n) is 2.68. The van der Waals surface area contributed by atoms with Crippen LogP contribution in [0.25, 0.3) is 0 Å². The summed E-state index contributed by atoms with van der Waals surface area (Å²) in [6.07, 6.45) is 3.72. The molecule has 2 N–H and O–H groups in total. The maximum atomic E-state index is 12.2. The first-order chi connectivity index (χ1) is 13.0. The van der Waals surface area contributed by atoms with Gasteiger partial charge in [-0.25, -0.2) is 0 Å². The minimum Gasteiger partial charge on any atom is -0.435 e. The lowest BCUT2D eigenvalue weighted by molar-refractivity contribution is -0.0498. The van der Waals surface area contributed by atoms with Crippen molar-refractivity contribution in [2.45, 2.75) is 39.8 Å². The largest absolute Gasteiger partial charge is 0.435 e. The number of aryl methyl sites for hydroxylation is 2. The monoisotopic (exact) mass is 379 g/mol. The Balaban J connectivity index is 1.89. The zero-order valence-electron chi connectivity index (χ0n) is 16.0. The number of alkyl halides is 2. The van der Waals surface area contributed by atoms with Crippen molar-refractivity contribution in [1.29, 1.82) is 0 Å². The van der Waals surface area contributed by atoms with Gasteiger partial charge >= 0.3 is 6.61 Å². The molecular weight excluding hydrogens is 352 g/mol. The number of aromatic nitrogens is 2. The van der Waals surface area contributed by atoms with Gasteiger partial charge in [0.15, 0.2) is 5.96 Å². The molecule has 0 bridgehead atoms. The number of H-pyrrole nitrogens is 1. The number of rotatable bonds is 9. The molecule has 148 valence electrons. The molecular formula is C19H27F2N5O. The van der Waals surface area contributed by atoms with Crippen molar-refractivity contribution < 1.29 is 13.5 Å². The highest BCUT2D eigenvalue weighted by molar-refractivity contribution is 5.79. The van der Waals surface area contributed by atoms with Gasteiger partial charge in [-0.1, -0.05) is 12.1 Å². The van der Waals surface area contributed by atoms with E-state index in [-0.39, 0.29) is 5.75 Å². The van der Waals surface area contributed by atoms with Crippen molar-refractivity contribution in [3.63, 3.8) is 0 Å². The second kappa shape index (κ2) is 10.5. The Morgan fingerprint density at radius 3 is 2.67 bits per heavy atom. The topological polar surface area (TPSA) is 65.5 Å². The average molecular weight is 379 g/mol. The van der Waals surface area contributed by atoms with Crippen molar-refractivity contribution in [1.82, 2.24) is 20.4 Å². The molecule has 2 rings (SSSR count). The Morgan fingerprint density at radius 1 is 1.33 bits per heavy atom. The molecule has 1 aromatic heterocycles. The molecule has 0 aliphatic carbocycles. The summed E-state index contributed by atoms with van der Waals surface area (Å²) in [5, 5.41) is 10.3. The van der Waals surface area contributed by atoms with Crippen LogP contribution in [0.3, 0.4) is 0 Å². The molecule has 6 nitrogen and oxygen atoms in total. The van der Waals surface area contributed by atoms with E-state index in [0.29, 0.717) is 13.1 Å². The smallest absolute Gasteiger partial charge is 0.387 e. The summed E-state index contributed by atoms with van der Waals surface area (Å²) in [6.45, 7) is 3.32. The van der Waals surface area contributed by atoms with Gasteiger partial charge in [0.05, 0.1) is 6.20 Å². The SMILES string of the molecule is CCNC(=NCCCc1cn[nH]c1C)N(C)Cc1ccc(OC(F)F)cc1. The molecule has 0 unspecified atom stereocenters. The zero-order valence-corrected chi connectivity index (χ0v) is 16.0. The summed E-state index contributed by atoms with van der Waals surface area (Å²) in [7, 11) is 1.95. The van der Waals surface area contributed by atoms with Crippen molar-refractivity contribution in [2.24, 2.45) is 4.99 Å². The van der Waals surface area contributed by atoms with Crippen LogP contribution in [0.5, 0.6) is 5.75 Å². The van der Waals surface area contributed by atoms with Crippen LogP contribution in [0, 0.1) is 6.92 Å². The first-order valence-corrected chi connectivity index (χ1v) is 9.01. The normalized spacial score (nSPS) is 11.7. The molecule has 27 heavy (non-hydrogen) atoms. The van der Waals surface area contributed by atoms with Crippen LogP contribution in [0.4, 0.5) is 8.78 Å². The standard InChI is InChI=1S/C19H27F2N5O/c1-4-22-19(23-11-5-6-16-12-24-25-14(16)2)26(3)13-15-7-9-17(10-8-15)27-18(20)21/h7-10,12,18H,4-6,11,13H2,1-3H3,(H,22,23)(H,24,25). The van der Waals surface area contributed by atoms with Gasteiger partial charge in [-0.3, -0.25) is 10.1 Å². The van der Waals surface area contributed by atoms with Crippen LogP contribution in [-0.2, 0) is 13.0 Å². The fraction of sp³-hybridized carbons (Fsp3) is 0.474. The van der Waals surface area contributed by atoms with Gasteiger partial charge in [0, 0.05) is 32.4 Å². The number of aliphatic imine (C=N–C) groups is 1. The molecule has 0 amide bonds. The number of ether oxygens (including phenoxy) is 1. The molecule has 8 heteroatoms. The molecule has 0 saturated heterocycles. The Hall–Kier alpha value is -2.64. The maximum Gasteiger partial charge on any atom is 0.387 e. The minimum atomic E-state index is -2.81. The van der Waals surface area contributed by atoms with Crippen LogP contribution < -0.4 is 10.1 Å².